The standard InChI is InChI=1S/C8H15N3S/c1-4-7(2)5-10-8(12-3)11-6-9/h7H,4-5H2,1-3H3,(H,10,11). The van der Waals surface area contributed by atoms with E-state index in [0.29, 0.717) is 11.1 Å². The molecular formula is C8H15N3S. The number of rotatable bonds is 3. The fraction of sp³-hybridized carbons (Fsp3) is 0.750. The number of hydrogen-bond acceptors (Lipinski definition) is 3. The topological polar surface area (TPSA) is 48.2 Å². The van der Waals surface area contributed by atoms with Crippen molar-refractivity contribution in [1.82, 2.24) is 5.32 Å². The molecule has 0 saturated heterocycles. The summed E-state index contributed by atoms with van der Waals surface area (Å²) in [5, 5.41) is 11.6. The molecule has 0 fully saturated rings. The Bertz CT molecular complexity index is 183. The minimum absolute atomic E-state index is 0.590. The van der Waals surface area contributed by atoms with Crippen LogP contribution < -0.4 is 5.32 Å². The summed E-state index contributed by atoms with van der Waals surface area (Å²) >= 11 is 1.46. The fourth-order valence-electron chi connectivity index (χ4n) is 0.571. The second-order valence-corrected chi connectivity index (χ2v) is 3.40. The molecule has 0 bridgehead atoms. The van der Waals surface area contributed by atoms with E-state index in [0.717, 1.165) is 13.0 Å². The lowest BCUT2D eigenvalue weighted by Crippen LogP contribution is -2.14. The molecule has 68 valence electrons. The first-order valence-electron chi connectivity index (χ1n) is 3.98. The van der Waals surface area contributed by atoms with Crippen molar-refractivity contribution in [3.8, 4) is 6.19 Å². The zero-order chi connectivity index (χ0) is 9.40. The van der Waals surface area contributed by atoms with Crippen molar-refractivity contribution in [1.29, 1.82) is 5.26 Å². The van der Waals surface area contributed by atoms with Crippen LogP contribution >= 0.6 is 11.8 Å². The molecule has 0 aliphatic carbocycles. The molecule has 0 aliphatic rings. The van der Waals surface area contributed by atoms with Gasteiger partial charge in [0.15, 0.2) is 11.4 Å². The van der Waals surface area contributed by atoms with E-state index in [4.69, 9.17) is 5.26 Å². The normalized spacial score (nSPS) is 13.7. The molecule has 0 rings (SSSR count). The summed E-state index contributed by atoms with van der Waals surface area (Å²) in [6, 6.07) is 0. The summed E-state index contributed by atoms with van der Waals surface area (Å²) < 4.78 is 0. The van der Waals surface area contributed by atoms with Gasteiger partial charge in [0, 0.05) is 6.54 Å². The zero-order valence-corrected chi connectivity index (χ0v) is 8.61. The van der Waals surface area contributed by atoms with Crippen LogP contribution in [0.4, 0.5) is 0 Å². The molecule has 1 atom stereocenters. The molecule has 0 radical (unpaired) electrons. The predicted molar refractivity (Wildman–Crippen MR) is 54.0 cm³/mol. The van der Waals surface area contributed by atoms with Crippen molar-refractivity contribution in [3.63, 3.8) is 0 Å². The summed E-state index contributed by atoms with van der Waals surface area (Å²) in [7, 11) is 0. The predicted octanol–water partition coefficient (Wildman–Crippen LogP) is 1.82. The van der Waals surface area contributed by atoms with E-state index in [2.05, 4.69) is 24.2 Å². The smallest absolute Gasteiger partial charge is 0.183 e. The Balaban J connectivity index is 3.86. The van der Waals surface area contributed by atoms with Crippen LogP contribution in [-0.2, 0) is 0 Å². The van der Waals surface area contributed by atoms with Crippen molar-refractivity contribution in [2.45, 2.75) is 20.3 Å². The highest BCUT2D eigenvalue weighted by atomic mass is 32.2. The van der Waals surface area contributed by atoms with Crippen LogP contribution in [0.2, 0.25) is 0 Å². The van der Waals surface area contributed by atoms with Gasteiger partial charge in [-0.15, -0.1) is 0 Å². The molecular weight excluding hydrogens is 170 g/mol. The summed E-state index contributed by atoms with van der Waals surface area (Å²) in [6.07, 6.45) is 4.88. The maximum absolute atomic E-state index is 8.33. The molecule has 4 heteroatoms. The van der Waals surface area contributed by atoms with Crippen molar-refractivity contribution < 1.29 is 0 Å². The number of hydrogen-bond donors (Lipinski definition) is 1. The maximum atomic E-state index is 8.33. The second-order valence-electron chi connectivity index (χ2n) is 2.60. The third-order valence-electron chi connectivity index (χ3n) is 1.60. The zero-order valence-electron chi connectivity index (χ0n) is 7.79. The van der Waals surface area contributed by atoms with Gasteiger partial charge >= 0.3 is 0 Å². The average molecular weight is 185 g/mol. The van der Waals surface area contributed by atoms with Gasteiger partial charge in [0.05, 0.1) is 0 Å². The van der Waals surface area contributed by atoms with Crippen LogP contribution in [0.15, 0.2) is 4.99 Å². The molecule has 1 unspecified atom stereocenters. The molecule has 12 heavy (non-hydrogen) atoms. The van der Waals surface area contributed by atoms with Gasteiger partial charge in [-0.05, 0) is 12.2 Å². The summed E-state index contributed by atoms with van der Waals surface area (Å²) in [5.74, 6) is 0.590. The van der Waals surface area contributed by atoms with E-state index in [1.165, 1.54) is 11.8 Å². The summed E-state index contributed by atoms with van der Waals surface area (Å²) in [4.78, 5) is 4.25. The molecule has 0 aromatic rings. The second kappa shape index (κ2) is 6.99. The molecule has 0 amide bonds. The van der Waals surface area contributed by atoms with Crippen LogP contribution in [-0.4, -0.2) is 18.0 Å². The molecule has 0 heterocycles. The van der Waals surface area contributed by atoms with Gasteiger partial charge in [-0.2, -0.15) is 5.26 Å². The van der Waals surface area contributed by atoms with Gasteiger partial charge in [-0.25, -0.2) is 0 Å². The molecule has 1 N–H and O–H groups in total. The van der Waals surface area contributed by atoms with Crippen molar-refractivity contribution >= 4 is 16.9 Å². The Morgan fingerprint density at radius 2 is 2.42 bits per heavy atom. The Hall–Kier alpha value is -0.690. The largest absolute Gasteiger partial charge is 0.272 e. The SMILES string of the molecule is CCC(C)CN=C(NC#N)SC. The van der Waals surface area contributed by atoms with Crippen molar-refractivity contribution in [3.05, 3.63) is 0 Å². The van der Waals surface area contributed by atoms with Gasteiger partial charge < -0.3 is 0 Å². The highest BCUT2D eigenvalue weighted by molar-refractivity contribution is 8.13. The fourth-order valence-corrected chi connectivity index (χ4v) is 0.922. The number of aliphatic imine (C=N–C) groups is 1. The van der Waals surface area contributed by atoms with Gasteiger partial charge in [0.2, 0.25) is 0 Å². The van der Waals surface area contributed by atoms with Gasteiger partial charge in [0.1, 0.15) is 0 Å². The van der Waals surface area contributed by atoms with Gasteiger partial charge in [0.25, 0.3) is 0 Å². The van der Waals surface area contributed by atoms with E-state index in [-0.39, 0.29) is 0 Å². The summed E-state index contributed by atoms with van der Waals surface area (Å²) in [5.41, 5.74) is 0. The first-order valence-corrected chi connectivity index (χ1v) is 5.20. The minimum Gasteiger partial charge on any atom is -0.272 e. The van der Waals surface area contributed by atoms with E-state index in [1.807, 2.05) is 12.4 Å². The number of nitrogens with one attached hydrogen (secondary N) is 1. The number of nitrogens with zero attached hydrogens (tertiary/aromatic N) is 2. The average Bonchev–Trinajstić information content (AvgIpc) is 2.11. The quantitative estimate of drug-likeness (QED) is 0.316. The molecule has 0 aliphatic heterocycles. The Morgan fingerprint density at radius 3 is 2.83 bits per heavy atom. The molecule has 0 aromatic carbocycles. The van der Waals surface area contributed by atoms with Crippen LogP contribution in [0.3, 0.4) is 0 Å². The number of amidine groups is 1. The van der Waals surface area contributed by atoms with E-state index in [1.54, 1.807) is 0 Å². The maximum Gasteiger partial charge on any atom is 0.183 e. The first kappa shape index (κ1) is 11.3. The highest BCUT2D eigenvalue weighted by Gasteiger charge is 1.98. The number of thioether (sulfide) groups is 1. The Morgan fingerprint density at radius 1 is 1.75 bits per heavy atom. The van der Waals surface area contributed by atoms with E-state index >= 15 is 0 Å². The molecule has 0 saturated carbocycles. The molecule has 0 spiro atoms. The van der Waals surface area contributed by atoms with Gasteiger partial charge in [-0.1, -0.05) is 32.0 Å². The van der Waals surface area contributed by atoms with Crippen LogP contribution in [0, 0.1) is 17.4 Å². The third-order valence-corrected chi connectivity index (χ3v) is 2.22. The number of nitriles is 1. The lowest BCUT2D eigenvalue weighted by atomic mass is 10.1. The molecule has 3 nitrogen and oxygen atoms in total. The lowest BCUT2D eigenvalue weighted by Gasteiger charge is -2.04. The third kappa shape index (κ3) is 5.03. The minimum atomic E-state index is 0.590. The first-order chi connectivity index (χ1) is 5.74. The Labute approximate surface area is 78.3 Å². The van der Waals surface area contributed by atoms with E-state index in [9.17, 15) is 0 Å². The van der Waals surface area contributed by atoms with Crippen LogP contribution in [0.5, 0.6) is 0 Å². The van der Waals surface area contributed by atoms with Crippen LogP contribution in [0.1, 0.15) is 20.3 Å². The van der Waals surface area contributed by atoms with E-state index < -0.39 is 0 Å². The van der Waals surface area contributed by atoms with Crippen LogP contribution in [0.25, 0.3) is 0 Å². The van der Waals surface area contributed by atoms with Crippen molar-refractivity contribution in [2.24, 2.45) is 10.9 Å². The van der Waals surface area contributed by atoms with Gasteiger partial charge in [-0.3, -0.25) is 10.3 Å². The monoisotopic (exact) mass is 185 g/mol. The van der Waals surface area contributed by atoms with Crippen molar-refractivity contribution in [2.75, 3.05) is 12.8 Å². The Kier molecular flexibility index (Phi) is 6.58. The highest BCUT2D eigenvalue weighted by Crippen LogP contribution is 2.02. The lowest BCUT2D eigenvalue weighted by molar-refractivity contribution is 0.577. The molecule has 0 aromatic heterocycles. The summed E-state index contributed by atoms with van der Waals surface area (Å²) in [6.45, 7) is 5.08.